The first-order valence-corrected chi connectivity index (χ1v) is 9.20. The zero-order chi connectivity index (χ0) is 19.4. The number of pyridine rings is 1. The highest BCUT2D eigenvalue weighted by Gasteiger charge is 2.14. The lowest BCUT2D eigenvalue weighted by Crippen LogP contribution is -2.07. The van der Waals surface area contributed by atoms with E-state index >= 15 is 0 Å². The second-order valence-corrected chi connectivity index (χ2v) is 6.83. The number of carbonyl (C=O) groups is 1. The predicted molar refractivity (Wildman–Crippen MR) is 104 cm³/mol. The molecule has 6 heteroatoms. The van der Waals surface area contributed by atoms with E-state index in [0.29, 0.717) is 12.0 Å². The minimum atomic E-state index is -0.941. The summed E-state index contributed by atoms with van der Waals surface area (Å²) >= 11 is 0. The van der Waals surface area contributed by atoms with Gasteiger partial charge in [0, 0.05) is 36.3 Å². The molecule has 0 fully saturated rings. The molecule has 0 aliphatic carbocycles. The van der Waals surface area contributed by atoms with Gasteiger partial charge in [0.25, 0.3) is 0 Å². The van der Waals surface area contributed by atoms with Gasteiger partial charge in [0.2, 0.25) is 0 Å². The number of rotatable bonds is 7. The topological polar surface area (TPSA) is 80.9 Å². The Kier molecular flexibility index (Phi) is 5.64. The van der Waals surface area contributed by atoms with Crippen molar-refractivity contribution in [2.24, 2.45) is 0 Å². The third kappa shape index (κ3) is 4.22. The number of carboxylic acid groups (broad SMARTS) is 1. The molecule has 0 aliphatic rings. The quantitative estimate of drug-likeness (QED) is 0.681. The average molecular weight is 364 g/mol. The summed E-state index contributed by atoms with van der Waals surface area (Å²) in [7, 11) is 0. The number of carboxylic acids is 1. The fourth-order valence-electron chi connectivity index (χ4n) is 2.93. The van der Waals surface area contributed by atoms with Gasteiger partial charge in [-0.2, -0.15) is 5.10 Å². The lowest BCUT2D eigenvalue weighted by Gasteiger charge is -2.07. The zero-order valence-electron chi connectivity index (χ0n) is 15.9. The number of hydrogen-bond donors (Lipinski definition) is 1. The lowest BCUT2D eigenvalue weighted by atomic mass is 10.0. The summed E-state index contributed by atoms with van der Waals surface area (Å²) in [6.45, 7) is 7.12. The predicted octanol–water partition coefficient (Wildman–Crippen LogP) is 4.16. The molecule has 3 rings (SSSR count). The summed E-state index contributed by atoms with van der Waals surface area (Å²) in [5.41, 5.74) is 2.61. The summed E-state index contributed by atoms with van der Waals surface area (Å²) in [5, 5.41) is 14.0. The van der Waals surface area contributed by atoms with E-state index < -0.39 is 5.97 Å². The molecule has 0 atom stereocenters. The minimum Gasteiger partial charge on any atom is -0.478 e. The molecule has 0 aliphatic heterocycles. The van der Waals surface area contributed by atoms with Crippen LogP contribution in [0.5, 0.6) is 0 Å². The van der Waals surface area contributed by atoms with Gasteiger partial charge in [0.05, 0.1) is 5.56 Å². The summed E-state index contributed by atoms with van der Waals surface area (Å²) < 4.78 is 1.96. The van der Waals surface area contributed by atoms with Crippen LogP contribution in [-0.4, -0.2) is 30.8 Å². The number of hydrogen-bond acceptors (Lipinski definition) is 4. The Morgan fingerprint density at radius 3 is 2.59 bits per heavy atom. The monoisotopic (exact) mass is 364 g/mol. The molecule has 0 saturated carbocycles. The molecule has 0 unspecified atom stereocenters. The van der Waals surface area contributed by atoms with Crippen molar-refractivity contribution < 1.29 is 9.90 Å². The van der Waals surface area contributed by atoms with Crippen molar-refractivity contribution in [3.8, 4) is 11.1 Å². The van der Waals surface area contributed by atoms with Gasteiger partial charge in [0.15, 0.2) is 5.82 Å². The highest BCUT2D eigenvalue weighted by atomic mass is 16.4. The molecule has 1 aromatic carbocycles. The first-order chi connectivity index (χ1) is 13.0. The number of aromatic carboxylic acids is 1. The molecule has 0 spiro atoms. The van der Waals surface area contributed by atoms with E-state index in [4.69, 9.17) is 0 Å². The van der Waals surface area contributed by atoms with E-state index in [2.05, 4.69) is 35.8 Å². The van der Waals surface area contributed by atoms with E-state index in [0.717, 1.165) is 35.9 Å². The molecule has 6 nitrogen and oxygen atoms in total. The first-order valence-electron chi connectivity index (χ1n) is 9.20. The van der Waals surface area contributed by atoms with E-state index in [1.54, 1.807) is 24.4 Å². The molecule has 2 aromatic heterocycles. The van der Waals surface area contributed by atoms with Crippen LogP contribution in [0.3, 0.4) is 0 Å². The van der Waals surface area contributed by atoms with Crippen LogP contribution in [0.25, 0.3) is 11.1 Å². The van der Waals surface area contributed by atoms with Crippen LogP contribution in [0, 0.1) is 0 Å². The largest absolute Gasteiger partial charge is 0.478 e. The van der Waals surface area contributed by atoms with Crippen LogP contribution >= 0.6 is 0 Å². The van der Waals surface area contributed by atoms with Crippen LogP contribution in [-0.2, 0) is 13.0 Å². The van der Waals surface area contributed by atoms with Gasteiger partial charge >= 0.3 is 5.97 Å². The van der Waals surface area contributed by atoms with Crippen molar-refractivity contribution >= 4 is 5.97 Å². The normalized spacial score (nSPS) is 11.1. The SMILES string of the molecule is CCCn1nc(C(C)C)nc1Cc1ccc(-c2ccccc2C(=O)O)cn1. The van der Waals surface area contributed by atoms with Gasteiger partial charge in [-0.1, -0.05) is 45.0 Å². The molecule has 27 heavy (non-hydrogen) atoms. The maximum absolute atomic E-state index is 11.4. The highest BCUT2D eigenvalue weighted by molar-refractivity contribution is 5.95. The number of nitrogens with zero attached hydrogens (tertiary/aromatic N) is 4. The van der Waals surface area contributed by atoms with Crippen LogP contribution in [0.1, 0.15) is 60.8 Å². The molecule has 140 valence electrons. The van der Waals surface area contributed by atoms with Crippen LogP contribution < -0.4 is 0 Å². The Bertz CT molecular complexity index is 930. The summed E-state index contributed by atoms with van der Waals surface area (Å²) in [6, 6.07) is 10.8. The number of aromatic nitrogens is 4. The Balaban J connectivity index is 1.86. The molecular weight excluding hydrogens is 340 g/mol. The van der Waals surface area contributed by atoms with Crippen molar-refractivity contribution in [1.82, 2.24) is 19.7 Å². The molecule has 0 bridgehead atoms. The van der Waals surface area contributed by atoms with Gasteiger partial charge in [0.1, 0.15) is 5.82 Å². The zero-order valence-corrected chi connectivity index (χ0v) is 15.9. The van der Waals surface area contributed by atoms with Crippen molar-refractivity contribution in [3.63, 3.8) is 0 Å². The van der Waals surface area contributed by atoms with Crippen LogP contribution in [0.4, 0.5) is 0 Å². The molecule has 3 aromatic rings. The van der Waals surface area contributed by atoms with Crippen molar-refractivity contribution in [2.75, 3.05) is 0 Å². The first kappa shape index (κ1) is 18.8. The summed E-state index contributed by atoms with van der Waals surface area (Å²) in [5.74, 6) is 1.10. The number of benzene rings is 1. The average Bonchev–Trinajstić information content (AvgIpc) is 3.05. The molecule has 0 saturated heterocycles. The molecule has 1 N–H and O–H groups in total. The Morgan fingerprint density at radius 1 is 1.19 bits per heavy atom. The van der Waals surface area contributed by atoms with Crippen LogP contribution in [0.15, 0.2) is 42.6 Å². The van der Waals surface area contributed by atoms with E-state index in [-0.39, 0.29) is 11.5 Å². The van der Waals surface area contributed by atoms with Crippen molar-refractivity contribution in [2.45, 2.75) is 46.1 Å². The lowest BCUT2D eigenvalue weighted by molar-refractivity contribution is 0.0697. The van der Waals surface area contributed by atoms with Gasteiger partial charge in [-0.3, -0.25) is 4.98 Å². The van der Waals surface area contributed by atoms with E-state index in [1.807, 2.05) is 22.9 Å². The molecule has 0 radical (unpaired) electrons. The Labute approximate surface area is 158 Å². The highest BCUT2D eigenvalue weighted by Crippen LogP contribution is 2.23. The summed E-state index contributed by atoms with van der Waals surface area (Å²) in [6.07, 6.45) is 3.31. The fraction of sp³-hybridized carbons (Fsp3) is 0.333. The van der Waals surface area contributed by atoms with Gasteiger partial charge in [-0.05, 0) is 24.1 Å². The molecule has 0 amide bonds. The smallest absolute Gasteiger partial charge is 0.336 e. The van der Waals surface area contributed by atoms with Crippen LogP contribution in [0.2, 0.25) is 0 Å². The maximum atomic E-state index is 11.4. The fourth-order valence-corrected chi connectivity index (χ4v) is 2.93. The van der Waals surface area contributed by atoms with Gasteiger partial charge < -0.3 is 5.11 Å². The molecule has 2 heterocycles. The van der Waals surface area contributed by atoms with Crippen molar-refractivity contribution in [3.05, 3.63) is 65.5 Å². The Hall–Kier alpha value is -3.02. The second-order valence-electron chi connectivity index (χ2n) is 6.83. The maximum Gasteiger partial charge on any atom is 0.336 e. The van der Waals surface area contributed by atoms with Gasteiger partial charge in [-0.15, -0.1) is 0 Å². The second kappa shape index (κ2) is 8.12. The van der Waals surface area contributed by atoms with Crippen molar-refractivity contribution in [1.29, 1.82) is 0 Å². The minimum absolute atomic E-state index is 0.274. The summed E-state index contributed by atoms with van der Waals surface area (Å²) in [4.78, 5) is 20.6. The standard InChI is InChI=1S/C21H24N4O2/c1-4-11-25-19(23-20(24-25)14(2)3)12-16-10-9-15(13-22-16)17-7-5-6-8-18(17)21(26)27/h5-10,13-14H,4,11-12H2,1-3H3,(H,26,27). The van der Waals surface area contributed by atoms with E-state index in [9.17, 15) is 9.90 Å². The number of aryl methyl sites for hydroxylation is 1. The third-order valence-corrected chi connectivity index (χ3v) is 4.35. The Morgan fingerprint density at radius 2 is 1.96 bits per heavy atom. The third-order valence-electron chi connectivity index (χ3n) is 4.35. The van der Waals surface area contributed by atoms with E-state index in [1.165, 1.54) is 0 Å². The van der Waals surface area contributed by atoms with Gasteiger partial charge in [-0.25, -0.2) is 14.5 Å². The molecular formula is C21H24N4O2.